The fourth-order valence-electron chi connectivity index (χ4n) is 3.08. The Morgan fingerprint density at radius 2 is 1.77 bits per heavy atom. The fourth-order valence-corrected chi connectivity index (χ4v) is 3.08. The van der Waals surface area contributed by atoms with Crippen LogP contribution in [-0.2, 0) is 18.0 Å². The van der Waals surface area contributed by atoms with Gasteiger partial charge in [0, 0.05) is 18.1 Å². The van der Waals surface area contributed by atoms with Crippen molar-refractivity contribution in [3.05, 3.63) is 112 Å². The van der Waals surface area contributed by atoms with E-state index >= 15 is 0 Å². The van der Waals surface area contributed by atoms with E-state index in [4.69, 9.17) is 9.47 Å². The van der Waals surface area contributed by atoms with Crippen molar-refractivity contribution in [2.75, 3.05) is 0 Å². The summed E-state index contributed by atoms with van der Waals surface area (Å²) in [5.41, 5.74) is 3.36. The van der Waals surface area contributed by atoms with E-state index in [2.05, 4.69) is 9.97 Å². The van der Waals surface area contributed by atoms with Crippen LogP contribution < -0.4 is 10.4 Å². The molecule has 0 fully saturated rings. The van der Waals surface area contributed by atoms with Crippen molar-refractivity contribution in [3.8, 4) is 11.4 Å². The summed E-state index contributed by atoms with van der Waals surface area (Å²) >= 11 is 0. The number of ether oxygens (including phenoxy) is 2. The molecular weight excluding hydrogens is 394 g/mol. The Kier molecular flexibility index (Phi) is 5.93. The van der Waals surface area contributed by atoms with Gasteiger partial charge in [-0.2, -0.15) is 0 Å². The summed E-state index contributed by atoms with van der Waals surface area (Å²) in [6.45, 7) is 2.37. The van der Waals surface area contributed by atoms with E-state index in [9.17, 15) is 9.59 Å². The number of imidazole rings is 1. The van der Waals surface area contributed by atoms with Gasteiger partial charge in [0.05, 0.1) is 16.9 Å². The normalized spacial score (nSPS) is 10.6. The largest absolute Gasteiger partial charge is 0.487 e. The van der Waals surface area contributed by atoms with Gasteiger partial charge in [0.25, 0.3) is 0 Å². The summed E-state index contributed by atoms with van der Waals surface area (Å²) < 4.78 is 12.6. The smallest absolute Gasteiger partial charge is 0.338 e. The maximum Gasteiger partial charge on any atom is 0.338 e. The number of carbonyl (C=O) groups is 1. The van der Waals surface area contributed by atoms with E-state index in [0.29, 0.717) is 23.6 Å². The number of H-pyrrole nitrogens is 1. The molecule has 7 nitrogen and oxygen atoms in total. The molecule has 31 heavy (non-hydrogen) atoms. The lowest BCUT2D eigenvalue weighted by atomic mass is 10.2. The van der Waals surface area contributed by atoms with Crippen molar-refractivity contribution in [2.24, 2.45) is 0 Å². The zero-order valence-corrected chi connectivity index (χ0v) is 16.9. The van der Waals surface area contributed by atoms with Crippen LogP contribution in [0.5, 0.6) is 5.75 Å². The number of esters is 1. The molecule has 4 aromatic rings. The van der Waals surface area contributed by atoms with Gasteiger partial charge >= 0.3 is 11.7 Å². The molecule has 0 amide bonds. The number of nitrogens with zero attached hydrogens (tertiary/aromatic N) is 2. The number of hydrogen-bond acceptors (Lipinski definition) is 5. The molecular formula is C24H21N3O4. The molecule has 0 unspecified atom stereocenters. The number of aromatic nitrogens is 3. The Morgan fingerprint density at radius 1 is 1.00 bits per heavy atom. The standard InChI is InChI=1S/C24H21N3O4/c1-17-14-26-24(29)27(17)21-9-7-19(8-10-21)23(28)31-15-18-5-11-22(12-6-18)30-16-20-4-2-3-13-25-20/h2-14H,15-16H2,1H3,(H,26,29). The van der Waals surface area contributed by atoms with Crippen LogP contribution >= 0.6 is 0 Å². The summed E-state index contributed by atoms with van der Waals surface area (Å²) in [4.78, 5) is 31.1. The summed E-state index contributed by atoms with van der Waals surface area (Å²) in [5, 5.41) is 0. The van der Waals surface area contributed by atoms with Crippen LogP contribution in [0.25, 0.3) is 5.69 Å². The number of aryl methyl sites for hydroxylation is 1. The highest BCUT2D eigenvalue weighted by molar-refractivity contribution is 5.89. The lowest BCUT2D eigenvalue weighted by Gasteiger charge is -2.09. The van der Waals surface area contributed by atoms with Crippen LogP contribution in [-0.4, -0.2) is 20.5 Å². The highest BCUT2D eigenvalue weighted by Crippen LogP contribution is 2.16. The minimum Gasteiger partial charge on any atom is -0.487 e. The van der Waals surface area contributed by atoms with E-state index in [0.717, 1.165) is 17.0 Å². The van der Waals surface area contributed by atoms with Crippen molar-refractivity contribution >= 4 is 5.97 Å². The summed E-state index contributed by atoms with van der Waals surface area (Å²) in [6.07, 6.45) is 3.37. The summed E-state index contributed by atoms with van der Waals surface area (Å²) in [6, 6.07) is 19.8. The zero-order valence-electron chi connectivity index (χ0n) is 16.9. The first-order chi connectivity index (χ1) is 15.1. The number of rotatable bonds is 7. The summed E-state index contributed by atoms with van der Waals surface area (Å²) in [7, 11) is 0. The molecule has 0 atom stereocenters. The first kappa shape index (κ1) is 20.2. The minimum absolute atomic E-state index is 0.150. The van der Waals surface area contributed by atoms with Crippen molar-refractivity contribution in [2.45, 2.75) is 20.1 Å². The molecule has 0 bridgehead atoms. The number of pyridine rings is 1. The van der Waals surface area contributed by atoms with Gasteiger partial charge in [-0.25, -0.2) is 9.59 Å². The van der Waals surface area contributed by atoms with Gasteiger partial charge in [-0.3, -0.25) is 9.55 Å². The number of benzene rings is 2. The maximum absolute atomic E-state index is 12.3. The fraction of sp³-hybridized carbons (Fsp3) is 0.125. The SMILES string of the molecule is Cc1c[nH]c(=O)n1-c1ccc(C(=O)OCc2ccc(OCc3ccccn3)cc2)cc1. The summed E-state index contributed by atoms with van der Waals surface area (Å²) in [5.74, 6) is 0.284. The first-order valence-electron chi connectivity index (χ1n) is 9.76. The predicted octanol–water partition coefficient (Wildman–Crippen LogP) is 3.81. The van der Waals surface area contributed by atoms with Crippen LogP contribution in [0.2, 0.25) is 0 Å². The highest BCUT2D eigenvalue weighted by atomic mass is 16.5. The lowest BCUT2D eigenvalue weighted by Crippen LogP contribution is -2.16. The average Bonchev–Trinajstić information content (AvgIpc) is 3.15. The van der Waals surface area contributed by atoms with E-state index < -0.39 is 5.97 Å². The third-order valence-electron chi connectivity index (χ3n) is 4.73. The van der Waals surface area contributed by atoms with Gasteiger partial charge < -0.3 is 14.5 Å². The molecule has 0 aliphatic carbocycles. The molecule has 0 radical (unpaired) electrons. The van der Waals surface area contributed by atoms with E-state index in [1.165, 1.54) is 4.57 Å². The average molecular weight is 415 g/mol. The number of carbonyl (C=O) groups excluding carboxylic acids is 1. The van der Waals surface area contributed by atoms with Crippen LogP contribution in [0.3, 0.4) is 0 Å². The third-order valence-corrected chi connectivity index (χ3v) is 4.73. The molecule has 2 heterocycles. The lowest BCUT2D eigenvalue weighted by molar-refractivity contribution is 0.0472. The molecule has 0 saturated heterocycles. The molecule has 0 spiro atoms. The topological polar surface area (TPSA) is 86.2 Å². The molecule has 1 N–H and O–H groups in total. The molecule has 0 saturated carbocycles. The first-order valence-corrected chi connectivity index (χ1v) is 9.76. The Labute approximate surface area is 178 Å². The second-order valence-corrected chi connectivity index (χ2v) is 6.95. The second-order valence-electron chi connectivity index (χ2n) is 6.95. The van der Waals surface area contributed by atoms with Crippen molar-refractivity contribution in [1.29, 1.82) is 0 Å². The van der Waals surface area contributed by atoms with Gasteiger partial charge in [0.2, 0.25) is 0 Å². The van der Waals surface area contributed by atoms with Gasteiger partial charge in [-0.15, -0.1) is 0 Å². The van der Waals surface area contributed by atoms with Crippen LogP contribution in [0, 0.1) is 6.92 Å². The van der Waals surface area contributed by atoms with Crippen molar-refractivity contribution in [3.63, 3.8) is 0 Å². The monoisotopic (exact) mass is 415 g/mol. The molecule has 2 aromatic heterocycles. The van der Waals surface area contributed by atoms with Crippen molar-refractivity contribution < 1.29 is 14.3 Å². The molecule has 2 aromatic carbocycles. The Morgan fingerprint density at radius 3 is 2.42 bits per heavy atom. The quantitative estimate of drug-likeness (QED) is 0.464. The number of nitrogens with one attached hydrogen (secondary N) is 1. The molecule has 0 aliphatic heterocycles. The Bertz CT molecular complexity index is 1210. The van der Waals surface area contributed by atoms with E-state index in [1.807, 2.05) is 49.4 Å². The third kappa shape index (κ3) is 4.90. The molecule has 7 heteroatoms. The molecule has 0 aliphatic rings. The Hall–Kier alpha value is -4.13. The maximum atomic E-state index is 12.3. The predicted molar refractivity (Wildman–Crippen MR) is 115 cm³/mol. The highest BCUT2D eigenvalue weighted by Gasteiger charge is 2.10. The van der Waals surface area contributed by atoms with Crippen LogP contribution in [0.4, 0.5) is 0 Å². The van der Waals surface area contributed by atoms with Crippen molar-refractivity contribution in [1.82, 2.24) is 14.5 Å². The van der Waals surface area contributed by atoms with Gasteiger partial charge in [0.15, 0.2) is 0 Å². The Balaban J connectivity index is 1.31. The molecule has 4 rings (SSSR count). The van der Waals surface area contributed by atoms with E-state index in [-0.39, 0.29) is 12.3 Å². The second kappa shape index (κ2) is 9.13. The van der Waals surface area contributed by atoms with Crippen LogP contribution in [0.1, 0.15) is 27.3 Å². The zero-order chi connectivity index (χ0) is 21.6. The van der Waals surface area contributed by atoms with Gasteiger partial charge in [-0.1, -0.05) is 18.2 Å². The van der Waals surface area contributed by atoms with Gasteiger partial charge in [0.1, 0.15) is 19.0 Å². The molecule has 156 valence electrons. The number of aromatic amines is 1. The minimum atomic E-state index is -0.430. The van der Waals surface area contributed by atoms with Crippen LogP contribution in [0.15, 0.2) is 83.9 Å². The van der Waals surface area contributed by atoms with Gasteiger partial charge in [-0.05, 0) is 61.0 Å². The van der Waals surface area contributed by atoms with E-state index in [1.54, 1.807) is 36.7 Å². The number of hydrogen-bond donors (Lipinski definition) is 1.